The molecule has 3 aromatic heterocycles. The fourth-order valence-electron chi connectivity index (χ4n) is 2.68. The van der Waals surface area contributed by atoms with Crippen LogP contribution >= 0.6 is 11.6 Å². The number of imidazole rings is 1. The molecule has 7 heteroatoms. The average molecular weight is 370 g/mol. The molecule has 0 saturated heterocycles. The van der Waals surface area contributed by atoms with Gasteiger partial charge >= 0.3 is 0 Å². The van der Waals surface area contributed by atoms with Gasteiger partial charge in [0.15, 0.2) is 5.76 Å². The summed E-state index contributed by atoms with van der Waals surface area (Å²) in [6.07, 6.45) is 4.89. The number of fused-ring (bicyclic) bond motifs is 1. The summed E-state index contributed by atoms with van der Waals surface area (Å²) in [5.41, 5.74) is 2.09. The fourth-order valence-corrected chi connectivity index (χ4v) is 2.91. The number of hydrogen-bond acceptors (Lipinski definition) is 3. The van der Waals surface area contributed by atoms with Crippen LogP contribution in [0.15, 0.2) is 65.5 Å². The smallest absolute Gasteiger partial charge is 0.254 e. The second-order valence-electron chi connectivity index (χ2n) is 5.65. The summed E-state index contributed by atoms with van der Waals surface area (Å²) < 4.78 is 21.2. The normalized spacial score (nSPS) is 11.0. The zero-order valence-corrected chi connectivity index (χ0v) is 14.2. The van der Waals surface area contributed by atoms with Crippen LogP contribution in [0.1, 0.15) is 15.9 Å². The largest absolute Gasteiger partial charge is 0.462 e. The van der Waals surface area contributed by atoms with Crippen molar-refractivity contribution in [3.05, 3.63) is 83.1 Å². The van der Waals surface area contributed by atoms with Crippen molar-refractivity contribution in [2.24, 2.45) is 0 Å². The Kier molecular flexibility index (Phi) is 4.18. The van der Waals surface area contributed by atoms with Gasteiger partial charge in [0, 0.05) is 23.3 Å². The second-order valence-corrected chi connectivity index (χ2v) is 6.06. The summed E-state index contributed by atoms with van der Waals surface area (Å²) in [7, 11) is 0. The standard InChI is InChI=1S/C19H13ClFN3O2/c20-14-4-3-5-15(21)13(14)9-23-19(25)12-8-17(26-11-12)16-10-22-18-6-1-2-7-24(16)18/h1-8,10-11H,9H2,(H,23,25). The van der Waals surface area contributed by atoms with Crippen molar-refractivity contribution in [3.63, 3.8) is 0 Å². The highest BCUT2D eigenvalue weighted by Crippen LogP contribution is 2.23. The molecule has 0 unspecified atom stereocenters. The van der Waals surface area contributed by atoms with Crippen LogP contribution in [0.2, 0.25) is 5.02 Å². The van der Waals surface area contributed by atoms with E-state index in [-0.39, 0.29) is 23.0 Å². The summed E-state index contributed by atoms with van der Waals surface area (Å²) in [6, 6.07) is 11.7. The Labute approximate surface area is 153 Å². The van der Waals surface area contributed by atoms with Crippen molar-refractivity contribution in [1.82, 2.24) is 14.7 Å². The zero-order chi connectivity index (χ0) is 18.1. The molecule has 4 rings (SSSR count). The predicted molar refractivity (Wildman–Crippen MR) is 95.5 cm³/mol. The number of benzene rings is 1. The molecular formula is C19H13ClFN3O2. The lowest BCUT2D eigenvalue weighted by molar-refractivity contribution is 0.0950. The number of furan rings is 1. The van der Waals surface area contributed by atoms with E-state index in [2.05, 4.69) is 10.3 Å². The first-order chi connectivity index (χ1) is 12.6. The van der Waals surface area contributed by atoms with Crippen LogP contribution in [0.3, 0.4) is 0 Å². The molecule has 0 bridgehead atoms. The first kappa shape index (κ1) is 16.4. The van der Waals surface area contributed by atoms with Crippen LogP contribution in [-0.4, -0.2) is 15.3 Å². The van der Waals surface area contributed by atoms with E-state index < -0.39 is 5.82 Å². The quantitative estimate of drug-likeness (QED) is 0.583. The molecule has 26 heavy (non-hydrogen) atoms. The Morgan fingerprint density at radius 1 is 1.27 bits per heavy atom. The second kappa shape index (κ2) is 6.65. The molecule has 0 atom stereocenters. The van der Waals surface area contributed by atoms with Crippen LogP contribution in [0.5, 0.6) is 0 Å². The molecule has 0 aliphatic carbocycles. The zero-order valence-electron chi connectivity index (χ0n) is 13.4. The minimum atomic E-state index is -0.462. The third kappa shape index (κ3) is 2.95. The molecule has 0 fully saturated rings. The maximum Gasteiger partial charge on any atom is 0.254 e. The minimum absolute atomic E-state index is 0.0134. The van der Waals surface area contributed by atoms with Crippen molar-refractivity contribution in [3.8, 4) is 11.5 Å². The average Bonchev–Trinajstić information content (AvgIpc) is 3.28. The maximum atomic E-state index is 13.8. The number of carbonyl (C=O) groups is 1. The van der Waals surface area contributed by atoms with Crippen molar-refractivity contribution >= 4 is 23.2 Å². The Morgan fingerprint density at radius 2 is 2.15 bits per heavy atom. The van der Waals surface area contributed by atoms with Crippen LogP contribution in [0.4, 0.5) is 4.39 Å². The van der Waals surface area contributed by atoms with Crippen LogP contribution in [-0.2, 0) is 6.54 Å². The van der Waals surface area contributed by atoms with Crippen molar-refractivity contribution in [2.75, 3.05) is 0 Å². The molecule has 0 radical (unpaired) electrons. The first-order valence-corrected chi connectivity index (χ1v) is 8.23. The van der Waals surface area contributed by atoms with Crippen LogP contribution < -0.4 is 5.32 Å². The molecule has 3 heterocycles. The predicted octanol–water partition coefficient (Wildman–Crippen LogP) is 4.32. The van der Waals surface area contributed by atoms with Gasteiger partial charge in [0.05, 0.1) is 11.8 Å². The van der Waals surface area contributed by atoms with Crippen molar-refractivity contribution < 1.29 is 13.6 Å². The molecule has 5 nitrogen and oxygen atoms in total. The number of hydrogen-bond donors (Lipinski definition) is 1. The van der Waals surface area contributed by atoms with Gasteiger partial charge in [-0.1, -0.05) is 23.7 Å². The van der Waals surface area contributed by atoms with E-state index in [1.165, 1.54) is 18.4 Å². The molecule has 0 aliphatic rings. The topological polar surface area (TPSA) is 59.5 Å². The third-order valence-electron chi connectivity index (χ3n) is 4.02. The van der Waals surface area contributed by atoms with E-state index in [1.54, 1.807) is 18.3 Å². The molecule has 0 spiro atoms. The number of rotatable bonds is 4. The fraction of sp³-hybridized carbons (Fsp3) is 0.0526. The lowest BCUT2D eigenvalue weighted by Gasteiger charge is -2.06. The lowest BCUT2D eigenvalue weighted by Crippen LogP contribution is -2.23. The minimum Gasteiger partial charge on any atom is -0.462 e. The maximum absolute atomic E-state index is 13.8. The van der Waals surface area contributed by atoms with Crippen molar-refractivity contribution in [1.29, 1.82) is 0 Å². The van der Waals surface area contributed by atoms with E-state index in [0.29, 0.717) is 11.3 Å². The molecule has 1 amide bonds. The van der Waals surface area contributed by atoms with Gasteiger partial charge < -0.3 is 9.73 Å². The number of carbonyl (C=O) groups excluding carboxylic acids is 1. The number of aromatic nitrogens is 2. The summed E-state index contributed by atoms with van der Waals surface area (Å²) >= 11 is 5.97. The van der Waals surface area contributed by atoms with Gasteiger partial charge in [-0.3, -0.25) is 9.20 Å². The van der Waals surface area contributed by atoms with E-state index >= 15 is 0 Å². The molecule has 0 aliphatic heterocycles. The van der Waals surface area contributed by atoms with E-state index in [9.17, 15) is 9.18 Å². The lowest BCUT2D eigenvalue weighted by atomic mass is 10.2. The van der Waals surface area contributed by atoms with Crippen LogP contribution in [0, 0.1) is 5.82 Å². The molecule has 1 aromatic carbocycles. The van der Waals surface area contributed by atoms with E-state index in [4.69, 9.17) is 16.0 Å². The summed E-state index contributed by atoms with van der Waals surface area (Å²) in [4.78, 5) is 16.6. The van der Waals surface area contributed by atoms with Gasteiger partial charge in [0.1, 0.15) is 23.4 Å². The van der Waals surface area contributed by atoms with E-state index in [0.717, 1.165) is 11.3 Å². The van der Waals surface area contributed by atoms with Gasteiger partial charge in [-0.25, -0.2) is 9.37 Å². The summed E-state index contributed by atoms with van der Waals surface area (Å²) in [5, 5.41) is 2.91. The number of halogens is 2. The van der Waals surface area contributed by atoms with Gasteiger partial charge in [-0.15, -0.1) is 0 Å². The SMILES string of the molecule is O=C(NCc1c(F)cccc1Cl)c1coc(-c2cnc3ccccn23)c1. The summed E-state index contributed by atoms with van der Waals surface area (Å²) in [5.74, 6) is -0.331. The Morgan fingerprint density at radius 3 is 3.00 bits per heavy atom. The van der Waals surface area contributed by atoms with Gasteiger partial charge in [-0.05, 0) is 30.3 Å². The number of amides is 1. The molecule has 1 N–H and O–H groups in total. The van der Waals surface area contributed by atoms with Gasteiger partial charge in [0.2, 0.25) is 0 Å². The van der Waals surface area contributed by atoms with Crippen LogP contribution in [0.25, 0.3) is 17.1 Å². The van der Waals surface area contributed by atoms with Gasteiger partial charge in [-0.2, -0.15) is 0 Å². The van der Waals surface area contributed by atoms with Crippen molar-refractivity contribution in [2.45, 2.75) is 6.54 Å². The highest BCUT2D eigenvalue weighted by molar-refractivity contribution is 6.31. The Balaban J connectivity index is 1.53. The summed E-state index contributed by atoms with van der Waals surface area (Å²) in [6.45, 7) is -0.0134. The number of pyridine rings is 1. The monoisotopic (exact) mass is 369 g/mol. The Bertz CT molecular complexity index is 1080. The third-order valence-corrected chi connectivity index (χ3v) is 4.37. The van der Waals surface area contributed by atoms with Gasteiger partial charge in [0.25, 0.3) is 5.91 Å². The van der Waals surface area contributed by atoms with E-state index in [1.807, 2.05) is 28.8 Å². The molecule has 0 saturated carbocycles. The molecule has 4 aromatic rings. The highest BCUT2D eigenvalue weighted by atomic mass is 35.5. The first-order valence-electron chi connectivity index (χ1n) is 7.85. The molecular weight excluding hydrogens is 357 g/mol. The Hall–Kier alpha value is -3.12. The highest BCUT2D eigenvalue weighted by Gasteiger charge is 2.15. The number of nitrogens with one attached hydrogen (secondary N) is 1. The number of nitrogens with zero attached hydrogens (tertiary/aromatic N) is 2. The molecule has 130 valence electrons.